The van der Waals surface area contributed by atoms with Crippen LogP contribution in [0.4, 0.5) is 10.6 Å². The van der Waals surface area contributed by atoms with Gasteiger partial charge in [-0.2, -0.15) is 0 Å². The summed E-state index contributed by atoms with van der Waals surface area (Å²) in [4.78, 5) is 19.4. The minimum atomic E-state index is -0.643. The van der Waals surface area contributed by atoms with E-state index in [1.54, 1.807) is 4.90 Å². The lowest BCUT2D eigenvalue weighted by Crippen LogP contribution is -2.48. The second-order valence-electron chi connectivity index (χ2n) is 9.40. The zero-order chi connectivity index (χ0) is 22.1. The molecule has 1 aliphatic heterocycles. The summed E-state index contributed by atoms with van der Waals surface area (Å²) in [6, 6.07) is 1.87. The summed E-state index contributed by atoms with van der Waals surface area (Å²) in [6.07, 6.45) is 6.37. The van der Waals surface area contributed by atoms with E-state index in [1.165, 1.54) is 16.5 Å². The molecule has 0 bridgehead atoms. The molecule has 1 fully saturated rings. The summed E-state index contributed by atoms with van der Waals surface area (Å²) in [5.41, 5.74) is 2.66. The van der Waals surface area contributed by atoms with Crippen LogP contribution >= 0.6 is 0 Å². The molecule has 30 heavy (non-hydrogen) atoms. The van der Waals surface area contributed by atoms with Crippen molar-refractivity contribution in [3.05, 3.63) is 23.4 Å². The fourth-order valence-electron chi connectivity index (χ4n) is 4.78. The number of hydrogen-bond donors (Lipinski definition) is 2. The Kier molecular flexibility index (Phi) is 6.75. The van der Waals surface area contributed by atoms with Gasteiger partial charge in [-0.15, -0.1) is 0 Å². The molecule has 0 aliphatic carbocycles. The second-order valence-corrected chi connectivity index (χ2v) is 9.40. The first kappa shape index (κ1) is 22.6. The SMILES string of the molecule is CCC(CC)CC1(O)CCN(C(=O)Nc2cc(C(C)C)c3c(C)cn(C)c3n2)CC1. The third kappa shape index (κ3) is 4.64. The average molecular weight is 415 g/mol. The molecule has 6 heteroatoms. The molecule has 2 N–H and O–H groups in total. The number of carbonyl (C=O) groups is 1. The largest absolute Gasteiger partial charge is 0.390 e. The molecule has 0 atom stereocenters. The molecule has 0 saturated carbocycles. The Balaban J connectivity index is 1.71. The molecule has 2 aromatic heterocycles. The molecule has 0 spiro atoms. The average Bonchev–Trinajstić information content (AvgIpc) is 2.99. The first-order chi connectivity index (χ1) is 14.2. The molecule has 6 nitrogen and oxygen atoms in total. The number of rotatable bonds is 6. The Morgan fingerprint density at radius 1 is 1.27 bits per heavy atom. The van der Waals surface area contributed by atoms with E-state index < -0.39 is 5.60 Å². The van der Waals surface area contributed by atoms with E-state index in [0.29, 0.717) is 43.6 Å². The molecule has 2 aromatic rings. The predicted octanol–water partition coefficient (Wildman–Crippen LogP) is 5.19. The van der Waals surface area contributed by atoms with E-state index >= 15 is 0 Å². The van der Waals surface area contributed by atoms with Crippen LogP contribution in [0.1, 0.15) is 76.8 Å². The monoisotopic (exact) mass is 414 g/mol. The van der Waals surface area contributed by atoms with Crippen molar-refractivity contribution in [2.45, 2.75) is 78.2 Å². The molecule has 1 saturated heterocycles. The van der Waals surface area contributed by atoms with Gasteiger partial charge in [-0.1, -0.05) is 40.5 Å². The van der Waals surface area contributed by atoms with Crippen LogP contribution in [0.15, 0.2) is 12.3 Å². The van der Waals surface area contributed by atoms with Crippen LogP contribution in [0.5, 0.6) is 0 Å². The van der Waals surface area contributed by atoms with E-state index in [1.807, 2.05) is 17.7 Å². The van der Waals surface area contributed by atoms with Gasteiger partial charge in [0.05, 0.1) is 5.60 Å². The van der Waals surface area contributed by atoms with E-state index in [-0.39, 0.29) is 6.03 Å². The first-order valence-corrected chi connectivity index (χ1v) is 11.4. The van der Waals surface area contributed by atoms with Crippen LogP contribution in [0, 0.1) is 12.8 Å². The Hall–Kier alpha value is -2.08. The van der Waals surface area contributed by atoms with Gasteiger partial charge < -0.3 is 14.6 Å². The number of nitrogens with zero attached hydrogens (tertiary/aromatic N) is 3. The van der Waals surface area contributed by atoms with Crippen molar-refractivity contribution >= 4 is 22.9 Å². The van der Waals surface area contributed by atoms with E-state index in [0.717, 1.165) is 24.9 Å². The lowest BCUT2D eigenvalue weighted by Gasteiger charge is -2.39. The van der Waals surface area contributed by atoms with Gasteiger partial charge in [0.15, 0.2) is 0 Å². The van der Waals surface area contributed by atoms with Crippen LogP contribution in [0.25, 0.3) is 11.0 Å². The molecule has 3 heterocycles. The number of amides is 2. The van der Waals surface area contributed by atoms with Crippen molar-refractivity contribution in [1.82, 2.24) is 14.5 Å². The summed E-state index contributed by atoms with van der Waals surface area (Å²) in [5, 5.41) is 15.2. The Bertz CT molecular complexity index is 890. The van der Waals surface area contributed by atoms with Crippen LogP contribution < -0.4 is 5.32 Å². The fourth-order valence-corrected chi connectivity index (χ4v) is 4.78. The zero-order valence-electron chi connectivity index (χ0n) is 19.5. The maximum atomic E-state index is 12.9. The van der Waals surface area contributed by atoms with Crippen LogP contribution in [0.3, 0.4) is 0 Å². The summed E-state index contributed by atoms with van der Waals surface area (Å²) in [7, 11) is 1.99. The van der Waals surface area contributed by atoms with Crippen LogP contribution in [-0.2, 0) is 7.05 Å². The van der Waals surface area contributed by atoms with Gasteiger partial charge in [0.1, 0.15) is 11.5 Å². The number of aliphatic hydroxyl groups is 1. The van der Waals surface area contributed by atoms with E-state index in [4.69, 9.17) is 4.98 Å². The smallest absolute Gasteiger partial charge is 0.323 e. The summed E-state index contributed by atoms with van der Waals surface area (Å²) in [5.74, 6) is 1.48. The van der Waals surface area contributed by atoms with Crippen molar-refractivity contribution in [3.63, 3.8) is 0 Å². The highest BCUT2D eigenvalue weighted by atomic mass is 16.3. The van der Waals surface area contributed by atoms with Crippen LogP contribution in [0.2, 0.25) is 0 Å². The molecule has 0 radical (unpaired) electrons. The number of urea groups is 1. The number of anilines is 1. The number of carbonyl (C=O) groups excluding carboxylic acids is 1. The van der Waals surface area contributed by atoms with Crippen molar-refractivity contribution in [3.8, 4) is 0 Å². The standard InChI is InChI=1S/C24H38N4O2/c1-7-18(8-2)14-24(30)9-11-28(12-10-24)23(29)26-20-13-19(16(3)4)21-17(5)15-27(6)22(21)25-20/h13,15-16,18,30H,7-12,14H2,1-6H3,(H,25,26,29). The maximum Gasteiger partial charge on any atom is 0.323 e. The van der Waals surface area contributed by atoms with Crippen molar-refractivity contribution in [2.24, 2.45) is 13.0 Å². The molecule has 3 rings (SSSR count). The Morgan fingerprint density at radius 3 is 2.47 bits per heavy atom. The first-order valence-electron chi connectivity index (χ1n) is 11.4. The number of pyridine rings is 1. The van der Waals surface area contributed by atoms with E-state index in [9.17, 15) is 9.90 Å². The highest BCUT2D eigenvalue weighted by Gasteiger charge is 2.35. The number of fused-ring (bicyclic) bond motifs is 1. The summed E-state index contributed by atoms with van der Waals surface area (Å²) in [6.45, 7) is 11.9. The lowest BCUT2D eigenvalue weighted by atomic mass is 9.81. The van der Waals surface area contributed by atoms with Crippen molar-refractivity contribution < 1.29 is 9.90 Å². The van der Waals surface area contributed by atoms with Gasteiger partial charge >= 0.3 is 6.03 Å². The minimum absolute atomic E-state index is 0.132. The molecule has 2 amide bonds. The molecular weight excluding hydrogens is 376 g/mol. The third-order valence-corrected chi connectivity index (χ3v) is 6.81. The predicted molar refractivity (Wildman–Crippen MR) is 123 cm³/mol. The molecular formula is C24H38N4O2. The summed E-state index contributed by atoms with van der Waals surface area (Å²) >= 11 is 0. The number of nitrogens with one attached hydrogen (secondary N) is 1. The molecule has 1 aliphatic rings. The van der Waals surface area contributed by atoms with Gasteiger partial charge in [-0.05, 0) is 55.2 Å². The Morgan fingerprint density at radius 2 is 1.90 bits per heavy atom. The number of piperidine rings is 1. The number of aromatic nitrogens is 2. The van der Waals surface area contributed by atoms with Gasteiger partial charge in [-0.25, -0.2) is 9.78 Å². The summed E-state index contributed by atoms with van der Waals surface area (Å²) < 4.78 is 2.02. The highest BCUT2D eigenvalue weighted by Crippen LogP contribution is 2.33. The number of aryl methyl sites for hydroxylation is 2. The number of hydrogen-bond acceptors (Lipinski definition) is 3. The third-order valence-electron chi connectivity index (χ3n) is 6.81. The fraction of sp³-hybridized carbons (Fsp3) is 0.667. The molecule has 0 unspecified atom stereocenters. The van der Waals surface area contributed by atoms with E-state index in [2.05, 4.69) is 46.1 Å². The highest BCUT2D eigenvalue weighted by molar-refractivity contribution is 5.92. The normalized spacial score (nSPS) is 16.6. The maximum absolute atomic E-state index is 12.9. The molecule has 166 valence electrons. The van der Waals surface area contributed by atoms with Crippen molar-refractivity contribution in [2.75, 3.05) is 18.4 Å². The number of likely N-dealkylation sites (tertiary alicyclic amines) is 1. The van der Waals surface area contributed by atoms with Gasteiger partial charge in [0, 0.05) is 31.7 Å². The quantitative estimate of drug-likeness (QED) is 0.683. The van der Waals surface area contributed by atoms with Crippen molar-refractivity contribution in [1.29, 1.82) is 0 Å². The van der Waals surface area contributed by atoms with Gasteiger partial charge in [0.2, 0.25) is 0 Å². The Labute approximate surface area is 180 Å². The van der Waals surface area contributed by atoms with Gasteiger partial charge in [0.25, 0.3) is 0 Å². The van der Waals surface area contributed by atoms with Crippen LogP contribution in [-0.4, -0.2) is 44.3 Å². The zero-order valence-corrected chi connectivity index (χ0v) is 19.5. The second kappa shape index (κ2) is 8.96. The lowest BCUT2D eigenvalue weighted by molar-refractivity contribution is -0.0309. The van der Waals surface area contributed by atoms with Gasteiger partial charge in [-0.3, -0.25) is 5.32 Å². The molecule has 0 aromatic carbocycles. The topological polar surface area (TPSA) is 70.4 Å². The minimum Gasteiger partial charge on any atom is -0.390 e.